The fourth-order valence-corrected chi connectivity index (χ4v) is 3.88. The number of hydrogen-bond acceptors (Lipinski definition) is 3. The fraction of sp³-hybridized carbons (Fsp3) is 0.235. The van der Waals surface area contributed by atoms with Crippen LogP contribution in [0.4, 0.5) is 5.69 Å². The van der Waals surface area contributed by atoms with Gasteiger partial charge >= 0.3 is 0 Å². The summed E-state index contributed by atoms with van der Waals surface area (Å²) < 4.78 is 27.2. The zero-order chi connectivity index (χ0) is 17.7. The molecule has 2 aromatic rings. The van der Waals surface area contributed by atoms with Gasteiger partial charge in [0.15, 0.2) is 0 Å². The number of anilines is 1. The molecule has 1 amide bonds. The first-order chi connectivity index (χ1) is 11.3. The third-order valence-electron chi connectivity index (χ3n) is 3.43. The number of nitrogens with one attached hydrogen (secondary N) is 1. The molecule has 7 heteroatoms. The minimum atomic E-state index is -3.71. The molecule has 0 aliphatic rings. The first-order valence-electron chi connectivity index (χ1n) is 7.45. The third-order valence-corrected chi connectivity index (χ3v) is 5.89. The first-order valence-corrected chi connectivity index (χ1v) is 9.68. The van der Waals surface area contributed by atoms with Gasteiger partial charge in [-0.2, -0.15) is 4.31 Å². The maximum absolute atomic E-state index is 12.6. The number of sulfonamides is 1. The van der Waals surface area contributed by atoms with Gasteiger partial charge in [-0.05, 0) is 48.9 Å². The van der Waals surface area contributed by atoms with E-state index < -0.39 is 10.0 Å². The summed E-state index contributed by atoms with van der Waals surface area (Å²) in [6, 6.07) is 13.7. The molecule has 0 radical (unpaired) electrons. The van der Waals surface area contributed by atoms with E-state index in [1.54, 1.807) is 25.1 Å². The van der Waals surface area contributed by atoms with Gasteiger partial charge in [0.2, 0.25) is 15.9 Å². The molecule has 2 rings (SSSR count). The molecular weight excluding hydrogens is 392 g/mol. The lowest BCUT2D eigenvalue weighted by atomic mass is 10.2. The SMILES string of the molecule is CCN(CC(=O)Nc1cccc(C)c1)S(=O)(=O)c1ccc(Br)cc1. The van der Waals surface area contributed by atoms with Crippen LogP contribution >= 0.6 is 15.9 Å². The normalized spacial score (nSPS) is 11.5. The number of rotatable bonds is 6. The molecule has 0 saturated carbocycles. The Morgan fingerprint density at radius 3 is 2.42 bits per heavy atom. The monoisotopic (exact) mass is 410 g/mol. The number of benzene rings is 2. The predicted octanol–water partition coefficient (Wildman–Crippen LogP) is 3.41. The first kappa shape index (κ1) is 18.6. The Balaban J connectivity index is 2.13. The van der Waals surface area contributed by atoms with E-state index in [0.717, 1.165) is 14.3 Å². The molecule has 5 nitrogen and oxygen atoms in total. The second-order valence-corrected chi connectivity index (χ2v) is 8.16. The molecule has 0 heterocycles. The summed E-state index contributed by atoms with van der Waals surface area (Å²) >= 11 is 3.28. The van der Waals surface area contributed by atoms with E-state index in [1.165, 1.54) is 12.1 Å². The number of hydrogen-bond donors (Lipinski definition) is 1. The lowest BCUT2D eigenvalue weighted by Gasteiger charge is -2.20. The van der Waals surface area contributed by atoms with Crippen LogP contribution in [0.25, 0.3) is 0 Å². The van der Waals surface area contributed by atoms with Crippen molar-refractivity contribution in [2.24, 2.45) is 0 Å². The van der Waals surface area contributed by atoms with Crippen molar-refractivity contribution in [3.8, 4) is 0 Å². The third kappa shape index (κ3) is 4.66. The Morgan fingerprint density at radius 2 is 1.83 bits per heavy atom. The van der Waals surface area contributed by atoms with Gasteiger partial charge < -0.3 is 5.32 Å². The van der Waals surface area contributed by atoms with Crippen LogP contribution in [0.1, 0.15) is 12.5 Å². The molecule has 0 fully saturated rings. The van der Waals surface area contributed by atoms with Crippen LogP contribution in [0.5, 0.6) is 0 Å². The van der Waals surface area contributed by atoms with Crippen LogP contribution in [-0.4, -0.2) is 31.7 Å². The van der Waals surface area contributed by atoms with Crippen molar-refractivity contribution in [2.45, 2.75) is 18.7 Å². The van der Waals surface area contributed by atoms with Crippen molar-refractivity contribution in [3.63, 3.8) is 0 Å². The molecule has 0 saturated heterocycles. The summed E-state index contributed by atoms with van der Waals surface area (Å²) in [5.41, 5.74) is 1.67. The maximum atomic E-state index is 12.6. The topological polar surface area (TPSA) is 66.5 Å². The van der Waals surface area contributed by atoms with Crippen molar-refractivity contribution >= 4 is 37.5 Å². The Labute approximate surface area is 150 Å². The summed E-state index contributed by atoms with van der Waals surface area (Å²) in [7, 11) is -3.71. The maximum Gasteiger partial charge on any atom is 0.243 e. The highest BCUT2D eigenvalue weighted by molar-refractivity contribution is 9.10. The zero-order valence-corrected chi connectivity index (χ0v) is 15.9. The molecule has 0 spiro atoms. The molecule has 2 aromatic carbocycles. The van der Waals surface area contributed by atoms with Crippen molar-refractivity contribution in [3.05, 3.63) is 58.6 Å². The van der Waals surface area contributed by atoms with E-state index in [4.69, 9.17) is 0 Å². The van der Waals surface area contributed by atoms with Crippen molar-refractivity contribution < 1.29 is 13.2 Å². The van der Waals surface area contributed by atoms with Gasteiger partial charge in [0.1, 0.15) is 0 Å². The Kier molecular flexibility index (Phi) is 6.15. The minimum absolute atomic E-state index is 0.163. The standard InChI is InChI=1S/C17H19BrN2O3S/c1-3-20(24(22,23)16-9-7-14(18)8-10-16)12-17(21)19-15-6-4-5-13(2)11-15/h4-11H,3,12H2,1-2H3,(H,19,21). The number of carbonyl (C=O) groups is 1. The molecule has 0 aliphatic heterocycles. The number of amides is 1. The van der Waals surface area contributed by atoms with Crippen LogP contribution in [-0.2, 0) is 14.8 Å². The molecule has 24 heavy (non-hydrogen) atoms. The van der Waals surface area contributed by atoms with Crippen molar-refractivity contribution in [2.75, 3.05) is 18.4 Å². The largest absolute Gasteiger partial charge is 0.325 e. The molecule has 0 bridgehead atoms. The smallest absolute Gasteiger partial charge is 0.243 e. The number of halogens is 1. The summed E-state index contributed by atoms with van der Waals surface area (Å²) in [5, 5.41) is 2.73. The summed E-state index contributed by atoms with van der Waals surface area (Å²) in [6.07, 6.45) is 0. The number of aryl methyl sites for hydroxylation is 1. The Hall–Kier alpha value is -1.70. The van der Waals surface area contributed by atoms with Gasteiger partial charge in [-0.1, -0.05) is 35.0 Å². The van der Waals surface area contributed by atoms with Crippen molar-refractivity contribution in [1.82, 2.24) is 4.31 Å². The number of carbonyl (C=O) groups excluding carboxylic acids is 1. The lowest BCUT2D eigenvalue weighted by molar-refractivity contribution is -0.116. The summed E-state index contributed by atoms with van der Waals surface area (Å²) in [5.74, 6) is -0.372. The summed E-state index contributed by atoms with van der Waals surface area (Å²) in [4.78, 5) is 12.4. The van der Waals surface area contributed by atoms with Gasteiger partial charge in [0.05, 0.1) is 11.4 Å². The van der Waals surface area contributed by atoms with Crippen LogP contribution < -0.4 is 5.32 Å². The van der Waals surface area contributed by atoms with E-state index in [9.17, 15) is 13.2 Å². The van der Waals surface area contributed by atoms with Gasteiger partial charge in [-0.15, -0.1) is 0 Å². The predicted molar refractivity (Wildman–Crippen MR) is 98.4 cm³/mol. The van der Waals surface area contributed by atoms with E-state index >= 15 is 0 Å². The molecule has 128 valence electrons. The quantitative estimate of drug-likeness (QED) is 0.793. The highest BCUT2D eigenvalue weighted by atomic mass is 79.9. The van der Waals surface area contributed by atoms with E-state index in [0.29, 0.717) is 5.69 Å². The van der Waals surface area contributed by atoms with E-state index in [2.05, 4.69) is 21.2 Å². The lowest BCUT2D eigenvalue weighted by Crippen LogP contribution is -2.37. The molecule has 1 N–H and O–H groups in total. The van der Waals surface area contributed by atoms with Gasteiger partial charge in [0, 0.05) is 16.7 Å². The second kappa shape index (κ2) is 7.92. The summed E-state index contributed by atoms with van der Waals surface area (Å²) in [6.45, 7) is 3.60. The average Bonchev–Trinajstić information content (AvgIpc) is 2.53. The van der Waals surface area contributed by atoms with Gasteiger partial charge in [-0.25, -0.2) is 8.42 Å². The fourth-order valence-electron chi connectivity index (χ4n) is 2.21. The van der Waals surface area contributed by atoms with Crippen LogP contribution in [0, 0.1) is 6.92 Å². The van der Waals surface area contributed by atoms with Crippen LogP contribution in [0.2, 0.25) is 0 Å². The van der Waals surface area contributed by atoms with Gasteiger partial charge in [-0.3, -0.25) is 4.79 Å². The average molecular weight is 411 g/mol. The minimum Gasteiger partial charge on any atom is -0.325 e. The molecular formula is C17H19BrN2O3S. The highest BCUT2D eigenvalue weighted by Gasteiger charge is 2.25. The zero-order valence-electron chi connectivity index (χ0n) is 13.5. The van der Waals surface area contributed by atoms with E-state index in [1.807, 2.05) is 25.1 Å². The van der Waals surface area contributed by atoms with E-state index in [-0.39, 0.29) is 23.9 Å². The number of likely N-dealkylation sites (N-methyl/N-ethyl adjacent to an activating group) is 1. The number of nitrogens with zero attached hydrogens (tertiary/aromatic N) is 1. The molecule has 0 aromatic heterocycles. The molecule has 0 aliphatic carbocycles. The molecule has 0 unspecified atom stereocenters. The Bertz CT molecular complexity index is 820. The molecule has 0 atom stereocenters. The van der Waals surface area contributed by atoms with Crippen LogP contribution in [0.15, 0.2) is 57.9 Å². The van der Waals surface area contributed by atoms with Gasteiger partial charge in [0.25, 0.3) is 0 Å². The van der Waals surface area contributed by atoms with Crippen molar-refractivity contribution in [1.29, 1.82) is 0 Å². The second-order valence-electron chi connectivity index (χ2n) is 5.30. The Morgan fingerprint density at radius 1 is 1.17 bits per heavy atom. The highest BCUT2D eigenvalue weighted by Crippen LogP contribution is 2.19. The van der Waals surface area contributed by atoms with Crippen LogP contribution in [0.3, 0.4) is 0 Å².